The molecule has 224 valence electrons. The van der Waals surface area contributed by atoms with E-state index in [4.69, 9.17) is 4.84 Å². The van der Waals surface area contributed by atoms with Gasteiger partial charge in [-0.2, -0.15) is 0 Å². The SMILES string of the molecule is CCCC[C@@H](NC(=O)C(C)(C)N(C=O)OC(C)(C)C)C(=O)Nc1cn(C(C=O)(c2ccccc2)C2CCCN2)cn1. The number of hydrogen-bond donors (Lipinski definition) is 3. The standard InChI is InChI=1S/C30H44N6O5/c1-7-8-15-23(33-27(40)29(5,6)36(21-38)41-28(2,3)4)26(39)34-25-18-35(20-32-25)30(19-37,24-16-12-17-31-24)22-13-10-9-11-14-22/h9-11,13-14,18-21,23-24,31H,7-8,12,15-17H2,1-6H3,(H,33,40)(H,34,39)/t23-,24?,30?/m1/s1. The number of aromatic nitrogens is 2. The van der Waals surface area contributed by atoms with Gasteiger partial charge < -0.3 is 25.3 Å². The third kappa shape index (κ3) is 7.39. The van der Waals surface area contributed by atoms with Crippen molar-refractivity contribution >= 4 is 30.3 Å². The van der Waals surface area contributed by atoms with Crippen molar-refractivity contribution in [2.24, 2.45) is 0 Å². The molecular weight excluding hydrogens is 524 g/mol. The van der Waals surface area contributed by atoms with Crippen molar-refractivity contribution in [3.63, 3.8) is 0 Å². The molecule has 1 aromatic carbocycles. The van der Waals surface area contributed by atoms with E-state index < -0.39 is 34.5 Å². The maximum absolute atomic E-state index is 13.4. The molecule has 2 aromatic rings. The van der Waals surface area contributed by atoms with Crippen molar-refractivity contribution in [2.45, 2.75) is 102 Å². The maximum atomic E-state index is 13.4. The number of imidazole rings is 1. The zero-order valence-electron chi connectivity index (χ0n) is 25.0. The van der Waals surface area contributed by atoms with E-state index >= 15 is 0 Å². The van der Waals surface area contributed by atoms with Crippen LogP contribution in [0.5, 0.6) is 0 Å². The fourth-order valence-electron chi connectivity index (χ4n) is 4.98. The second-order valence-electron chi connectivity index (χ2n) is 12.0. The minimum atomic E-state index is -1.38. The Hall–Kier alpha value is -3.57. The van der Waals surface area contributed by atoms with Gasteiger partial charge in [0.25, 0.3) is 0 Å². The lowest BCUT2D eigenvalue weighted by Crippen LogP contribution is -2.59. The number of nitrogens with one attached hydrogen (secondary N) is 3. The van der Waals surface area contributed by atoms with E-state index in [9.17, 15) is 19.2 Å². The van der Waals surface area contributed by atoms with Crippen LogP contribution in [0.4, 0.5) is 5.82 Å². The van der Waals surface area contributed by atoms with Gasteiger partial charge in [-0.1, -0.05) is 50.1 Å². The Morgan fingerprint density at radius 2 is 1.90 bits per heavy atom. The molecule has 3 atom stereocenters. The number of nitrogens with zero attached hydrogens (tertiary/aromatic N) is 3. The summed E-state index contributed by atoms with van der Waals surface area (Å²) in [5.74, 6) is -0.722. The van der Waals surface area contributed by atoms with Crippen LogP contribution in [0.3, 0.4) is 0 Å². The van der Waals surface area contributed by atoms with Crippen molar-refractivity contribution in [3.05, 3.63) is 48.4 Å². The number of benzene rings is 1. The van der Waals surface area contributed by atoms with Gasteiger partial charge in [0, 0.05) is 12.2 Å². The second kappa shape index (κ2) is 13.4. The summed E-state index contributed by atoms with van der Waals surface area (Å²) in [5.41, 5.74) is -2.31. The zero-order chi connectivity index (χ0) is 30.3. The number of amides is 3. The molecule has 0 saturated carbocycles. The summed E-state index contributed by atoms with van der Waals surface area (Å²) >= 11 is 0. The van der Waals surface area contributed by atoms with E-state index in [2.05, 4.69) is 20.9 Å². The summed E-state index contributed by atoms with van der Waals surface area (Å²) in [6.07, 6.45) is 8.25. The highest BCUT2D eigenvalue weighted by atomic mass is 16.7. The molecule has 1 aromatic heterocycles. The highest BCUT2D eigenvalue weighted by molar-refractivity contribution is 5.98. The Bertz CT molecular complexity index is 1190. The molecule has 41 heavy (non-hydrogen) atoms. The van der Waals surface area contributed by atoms with Gasteiger partial charge in [-0.3, -0.25) is 19.2 Å². The number of unbranched alkanes of at least 4 members (excludes halogenated alkanes) is 1. The van der Waals surface area contributed by atoms with Crippen LogP contribution in [0.25, 0.3) is 0 Å². The minimum Gasteiger partial charge on any atom is -0.342 e. The molecule has 2 unspecified atom stereocenters. The second-order valence-corrected chi connectivity index (χ2v) is 12.0. The van der Waals surface area contributed by atoms with Gasteiger partial charge in [-0.25, -0.2) is 10.0 Å². The number of rotatable bonds is 14. The molecule has 0 radical (unpaired) electrons. The molecular formula is C30H44N6O5. The molecule has 0 spiro atoms. The number of hydroxylamine groups is 2. The van der Waals surface area contributed by atoms with Crippen molar-refractivity contribution in [3.8, 4) is 0 Å². The van der Waals surface area contributed by atoms with Crippen LogP contribution in [0.15, 0.2) is 42.9 Å². The van der Waals surface area contributed by atoms with Gasteiger partial charge in [-0.05, 0) is 66.0 Å². The molecule has 3 rings (SSSR count). The fraction of sp³-hybridized carbons (Fsp3) is 0.567. The Labute approximate surface area is 242 Å². The van der Waals surface area contributed by atoms with Crippen LogP contribution >= 0.6 is 0 Å². The zero-order valence-corrected chi connectivity index (χ0v) is 25.0. The predicted octanol–water partition coefficient (Wildman–Crippen LogP) is 3.16. The fourth-order valence-corrected chi connectivity index (χ4v) is 4.98. The number of carbonyl (C=O) groups excluding carboxylic acids is 4. The lowest BCUT2D eigenvalue weighted by atomic mass is 9.82. The summed E-state index contributed by atoms with van der Waals surface area (Å²) in [4.78, 5) is 61.4. The topological polar surface area (TPSA) is 135 Å². The molecule has 3 N–H and O–H groups in total. The first kappa shape index (κ1) is 32.0. The largest absolute Gasteiger partial charge is 0.342 e. The van der Waals surface area contributed by atoms with Crippen molar-refractivity contribution in [2.75, 3.05) is 11.9 Å². The molecule has 1 aliphatic heterocycles. The summed E-state index contributed by atoms with van der Waals surface area (Å²) < 4.78 is 1.74. The summed E-state index contributed by atoms with van der Waals surface area (Å²) in [7, 11) is 0. The average Bonchev–Trinajstić information content (AvgIpc) is 3.64. The molecule has 1 fully saturated rings. The van der Waals surface area contributed by atoms with Gasteiger partial charge in [0.1, 0.15) is 17.1 Å². The third-order valence-electron chi connectivity index (χ3n) is 7.31. The molecule has 11 heteroatoms. The molecule has 0 aliphatic carbocycles. The number of carbonyl (C=O) groups is 4. The average molecular weight is 569 g/mol. The normalized spacial score (nSPS) is 17.8. The molecule has 1 aliphatic rings. The van der Waals surface area contributed by atoms with Crippen LogP contribution in [0.1, 0.15) is 79.2 Å². The Balaban J connectivity index is 1.83. The summed E-state index contributed by atoms with van der Waals surface area (Å²) in [6.45, 7) is 11.2. The maximum Gasteiger partial charge on any atom is 0.248 e. The lowest BCUT2D eigenvalue weighted by Gasteiger charge is -2.37. The van der Waals surface area contributed by atoms with E-state index in [1.165, 1.54) is 0 Å². The highest BCUT2D eigenvalue weighted by Gasteiger charge is 2.44. The van der Waals surface area contributed by atoms with E-state index in [-0.39, 0.29) is 11.9 Å². The number of anilines is 1. The van der Waals surface area contributed by atoms with Crippen LogP contribution in [-0.2, 0) is 29.6 Å². The van der Waals surface area contributed by atoms with Crippen molar-refractivity contribution in [1.29, 1.82) is 0 Å². The third-order valence-corrected chi connectivity index (χ3v) is 7.31. The summed E-state index contributed by atoms with van der Waals surface area (Å²) in [6, 6.07) is 8.49. The monoisotopic (exact) mass is 568 g/mol. The highest BCUT2D eigenvalue weighted by Crippen LogP contribution is 2.33. The Morgan fingerprint density at radius 3 is 2.46 bits per heavy atom. The minimum absolute atomic E-state index is 0.143. The van der Waals surface area contributed by atoms with Crippen LogP contribution in [0.2, 0.25) is 0 Å². The molecule has 3 amide bonds. The van der Waals surface area contributed by atoms with Gasteiger partial charge in [0.2, 0.25) is 18.2 Å². The van der Waals surface area contributed by atoms with Crippen LogP contribution < -0.4 is 16.0 Å². The first-order chi connectivity index (χ1) is 19.4. The molecule has 2 heterocycles. The molecule has 0 bridgehead atoms. The first-order valence-electron chi connectivity index (χ1n) is 14.2. The summed E-state index contributed by atoms with van der Waals surface area (Å²) in [5, 5.41) is 10.0. The number of aldehydes is 1. The Morgan fingerprint density at radius 1 is 1.20 bits per heavy atom. The van der Waals surface area contributed by atoms with Crippen molar-refractivity contribution < 1.29 is 24.0 Å². The van der Waals surface area contributed by atoms with Crippen molar-refractivity contribution in [1.82, 2.24) is 25.2 Å². The number of hydrogen-bond acceptors (Lipinski definition) is 7. The van der Waals surface area contributed by atoms with E-state index in [0.29, 0.717) is 19.3 Å². The van der Waals surface area contributed by atoms with E-state index in [0.717, 1.165) is 42.7 Å². The van der Waals surface area contributed by atoms with Crippen LogP contribution in [0, 0.1) is 0 Å². The van der Waals surface area contributed by atoms with Gasteiger partial charge in [-0.15, -0.1) is 0 Å². The van der Waals surface area contributed by atoms with Crippen LogP contribution in [-0.4, -0.2) is 68.9 Å². The lowest BCUT2D eigenvalue weighted by molar-refractivity contribution is -0.247. The Kier molecular flexibility index (Phi) is 10.4. The van der Waals surface area contributed by atoms with E-state index in [1.54, 1.807) is 51.7 Å². The van der Waals surface area contributed by atoms with Gasteiger partial charge in [0.15, 0.2) is 12.1 Å². The van der Waals surface area contributed by atoms with E-state index in [1.807, 2.05) is 37.3 Å². The van der Waals surface area contributed by atoms with Gasteiger partial charge >= 0.3 is 0 Å². The predicted molar refractivity (Wildman–Crippen MR) is 156 cm³/mol. The van der Waals surface area contributed by atoms with Gasteiger partial charge in [0.05, 0.1) is 11.9 Å². The molecule has 1 saturated heterocycles. The smallest absolute Gasteiger partial charge is 0.248 e. The molecule has 11 nitrogen and oxygen atoms in total. The quantitative estimate of drug-likeness (QED) is 0.235. The first-order valence-corrected chi connectivity index (χ1v) is 14.2.